The van der Waals surface area contributed by atoms with Gasteiger partial charge in [0.1, 0.15) is 0 Å². The van der Waals surface area contributed by atoms with Crippen LogP contribution in [0.25, 0.3) is 0 Å². The van der Waals surface area contributed by atoms with Crippen molar-refractivity contribution < 1.29 is 0 Å². The van der Waals surface area contributed by atoms with Gasteiger partial charge in [0.05, 0.1) is 0 Å². The van der Waals surface area contributed by atoms with Crippen LogP contribution >= 0.6 is 22.6 Å². The summed E-state index contributed by atoms with van der Waals surface area (Å²) in [5.74, 6) is 1.73. The van der Waals surface area contributed by atoms with Gasteiger partial charge in [-0.2, -0.15) is 0 Å². The van der Waals surface area contributed by atoms with Crippen LogP contribution in [0.1, 0.15) is 45.1 Å². The number of hydrogen-bond acceptors (Lipinski definition) is 1. The van der Waals surface area contributed by atoms with Gasteiger partial charge in [-0.3, -0.25) is 0 Å². The molecule has 2 heteroatoms. The van der Waals surface area contributed by atoms with Gasteiger partial charge in [0, 0.05) is 15.3 Å². The molecule has 1 aromatic carbocycles. The Kier molecular flexibility index (Phi) is 4.93. The van der Waals surface area contributed by atoms with Crippen LogP contribution in [-0.4, -0.2) is 6.04 Å². The van der Waals surface area contributed by atoms with E-state index in [1.54, 1.807) is 0 Å². The van der Waals surface area contributed by atoms with Crippen molar-refractivity contribution in [1.29, 1.82) is 0 Å². The molecule has 2 atom stereocenters. The lowest BCUT2D eigenvalue weighted by atomic mass is 9.79. The molecule has 1 saturated carbocycles. The number of halogens is 1. The molecule has 0 aliphatic heterocycles. The van der Waals surface area contributed by atoms with E-state index in [9.17, 15) is 0 Å². The van der Waals surface area contributed by atoms with Gasteiger partial charge < -0.3 is 5.32 Å². The molecule has 1 N–H and O–H groups in total. The zero-order chi connectivity index (χ0) is 13.1. The fraction of sp³-hybridized carbons (Fsp3) is 0.625. The third kappa shape index (κ3) is 3.62. The predicted molar refractivity (Wildman–Crippen MR) is 88.1 cm³/mol. The second kappa shape index (κ2) is 6.27. The molecule has 2 unspecified atom stereocenters. The fourth-order valence-electron chi connectivity index (χ4n) is 2.97. The van der Waals surface area contributed by atoms with E-state index < -0.39 is 0 Å². The first-order valence-corrected chi connectivity index (χ1v) is 8.17. The van der Waals surface area contributed by atoms with Crippen LogP contribution < -0.4 is 5.32 Å². The molecule has 18 heavy (non-hydrogen) atoms. The molecule has 2 rings (SSSR count). The zero-order valence-corrected chi connectivity index (χ0v) is 13.8. The molecule has 0 aromatic heterocycles. The minimum absolute atomic E-state index is 0.671. The first kappa shape index (κ1) is 14.2. The molecule has 1 aliphatic rings. The van der Waals surface area contributed by atoms with Crippen molar-refractivity contribution in [1.82, 2.24) is 0 Å². The van der Waals surface area contributed by atoms with Crippen LogP contribution in [-0.2, 0) is 0 Å². The topological polar surface area (TPSA) is 12.0 Å². The molecular formula is C16H24IN. The summed E-state index contributed by atoms with van der Waals surface area (Å²) in [6.07, 6.45) is 5.46. The maximum atomic E-state index is 3.76. The van der Waals surface area contributed by atoms with E-state index in [4.69, 9.17) is 0 Å². The number of hydrogen-bond donors (Lipinski definition) is 1. The Labute approximate surface area is 125 Å². The third-order valence-corrected chi connectivity index (χ3v) is 4.88. The van der Waals surface area contributed by atoms with Crippen molar-refractivity contribution in [3.8, 4) is 0 Å². The van der Waals surface area contributed by atoms with E-state index in [1.165, 1.54) is 40.5 Å². The van der Waals surface area contributed by atoms with Crippen LogP contribution in [0.5, 0.6) is 0 Å². The average molecular weight is 357 g/mol. The summed E-state index contributed by atoms with van der Waals surface area (Å²) in [4.78, 5) is 0. The monoisotopic (exact) mass is 357 g/mol. The summed E-state index contributed by atoms with van der Waals surface area (Å²) in [7, 11) is 0. The molecular weight excluding hydrogens is 333 g/mol. The molecule has 1 fully saturated rings. The molecule has 0 spiro atoms. The summed E-state index contributed by atoms with van der Waals surface area (Å²) < 4.78 is 1.32. The quantitative estimate of drug-likeness (QED) is 0.731. The minimum Gasteiger partial charge on any atom is -0.382 e. The van der Waals surface area contributed by atoms with E-state index in [1.807, 2.05) is 0 Å². The second-order valence-electron chi connectivity index (χ2n) is 5.97. The summed E-state index contributed by atoms with van der Waals surface area (Å²) >= 11 is 2.38. The van der Waals surface area contributed by atoms with E-state index >= 15 is 0 Å². The Balaban J connectivity index is 2.00. The number of rotatable bonds is 3. The van der Waals surface area contributed by atoms with E-state index in [2.05, 4.69) is 66.9 Å². The largest absolute Gasteiger partial charge is 0.382 e. The number of nitrogens with one attached hydrogen (secondary N) is 1. The summed E-state index contributed by atoms with van der Waals surface area (Å²) in [5.41, 5.74) is 2.69. The van der Waals surface area contributed by atoms with Gasteiger partial charge in [-0.15, -0.1) is 0 Å². The minimum atomic E-state index is 0.671. The highest BCUT2D eigenvalue weighted by atomic mass is 127. The Hall–Kier alpha value is -0.250. The van der Waals surface area contributed by atoms with Gasteiger partial charge in [0.2, 0.25) is 0 Å². The molecule has 1 aromatic rings. The molecule has 0 bridgehead atoms. The Bertz CT molecular complexity index is 400. The molecule has 0 radical (unpaired) electrons. The van der Waals surface area contributed by atoms with Gasteiger partial charge in [0.25, 0.3) is 0 Å². The first-order valence-electron chi connectivity index (χ1n) is 7.09. The highest BCUT2D eigenvalue weighted by Gasteiger charge is 2.24. The van der Waals surface area contributed by atoms with Gasteiger partial charge in [-0.1, -0.05) is 26.7 Å². The maximum absolute atomic E-state index is 3.76. The second-order valence-corrected chi connectivity index (χ2v) is 7.22. The fourth-order valence-corrected chi connectivity index (χ4v) is 3.62. The summed E-state index contributed by atoms with van der Waals surface area (Å²) in [6.45, 7) is 6.93. The third-order valence-electron chi connectivity index (χ3n) is 4.21. The van der Waals surface area contributed by atoms with E-state index in [0.29, 0.717) is 6.04 Å². The lowest BCUT2D eigenvalue weighted by Crippen LogP contribution is -2.29. The van der Waals surface area contributed by atoms with Crippen molar-refractivity contribution in [3.05, 3.63) is 27.3 Å². The van der Waals surface area contributed by atoms with Crippen LogP contribution in [0.2, 0.25) is 0 Å². The van der Waals surface area contributed by atoms with Gasteiger partial charge in [-0.05, 0) is 78.0 Å². The maximum Gasteiger partial charge on any atom is 0.0372 e. The normalized spacial score (nSPS) is 24.3. The van der Waals surface area contributed by atoms with Crippen molar-refractivity contribution in [2.45, 2.75) is 52.5 Å². The molecule has 100 valence electrons. The van der Waals surface area contributed by atoms with Gasteiger partial charge in [0.15, 0.2) is 0 Å². The highest BCUT2D eigenvalue weighted by Crippen LogP contribution is 2.32. The van der Waals surface area contributed by atoms with Crippen molar-refractivity contribution in [2.24, 2.45) is 11.8 Å². The average Bonchev–Trinajstić information content (AvgIpc) is 2.33. The van der Waals surface area contributed by atoms with Crippen LogP contribution in [0.4, 0.5) is 5.69 Å². The predicted octanol–water partition coefficient (Wildman–Crippen LogP) is 5.23. The van der Waals surface area contributed by atoms with Crippen molar-refractivity contribution >= 4 is 28.3 Å². The van der Waals surface area contributed by atoms with Crippen molar-refractivity contribution in [3.63, 3.8) is 0 Å². The Morgan fingerprint density at radius 3 is 2.72 bits per heavy atom. The zero-order valence-electron chi connectivity index (χ0n) is 11.7. The molecule has 0 heterocycles. The van der Waals surface area contributed by atoms with E-state index in [0.717, 1.165) is 11.8 Å². The number of benzene rings is 1. The first-order chi connectivity index (χ1) is 8.56. The smallest absolute Gasteiger partial charge is 0.0372 e. The highest BCUT2D eigenvalue weighted by molar-refractivity contribution is 14.1. The van der Waals surface area contributed by atoms with Gasteiger partial charge >= 0.3 is 0 Å². The van der Waals surface area contributed by atoms with Crippen LogP contribution in [0, 0.1) is 22.3 Å². The summed E-state index contributed by atoms with van der Waals surface area (Å²) in [5, 5.41) is 3.76. The Morgan fingerprint density at radius 1 is 1.28 bits per heavy atom. The van der Waals surface area contributed by atoms with E-state index in [-0.39, 0.29) is 0 Å². The summed E-state index contributed by atoms with van der Waals surface area (Å²) in [6, 6.07) is 7.35. The SMILES string of the molecule is Cc1cc(I)ccc1NC1CCCC(C(C)C)C1. The molecule has 1 aliphatic carbocycles. The molecule has 0 amide bonds. The molecule has 0 saturated heterocycles. The van der Waals surface area contributed by atoms with Crippen LogP contribution in [0.15, 0.2) is 18.2 Å². The lowest BCUT2D eigenvalue weighted by molar-refractivity contribution is 0.264. The van der Waals surface area contributed by atoms with Crippen LogP contribution in [0.3, 0.4) is 0 Å². The number of aryl methyl sites for hydroxylation is 1. The number of anilines is 1. The molecule has 1 nitrogen and oxygen atoms in total. The standard InChI is InChI=1S/C16H24IN/c1-11(2)13-5-4-6-15(10-13)18-16-8-7-14(17)9-12(16)3/h7-9,11,13,15,18H,4-6,10H2,1-3H3. The Morgan fingerprint density at radius 2 is 2.06 bits per heavy atom. The van der Waals surface area contributed by atoms with Gasteiger partial charge in [-0.25, -0.2) is 0 Å². The lowest BCUT2D eigenvalue weighted by Gasteiger charge is -2.33. The van der Waals surface area contributed by atoms with Crippen molar-refractivity contribution in [2.75, 3.05) is 5.32 Å².